The van der Waals surface area contributed by atoms with E-state index in [4.69, 9.17) is 0 Å². The van der Waals surface area contributed by atoms with E-state index in [0.717, 1.165) is 35.4 Å². The van der Waals surface area contributed by atoms with Gasteiger partial charge in [0.25, 0.3) is 5.56 Å². The Hall–Kier alpha value is -2.09. The van der Waals surface area contributed by atoms with Gasteiger partial charge in [-0.2, -0.15) is 5.10 Å². The number of hydrogen-bond acceptors (Lipinski definition) is 7. The minimum Gasteiger partial charge on any atom is -0.366 e. The second-order valence-electron chi connectivity index (χ2n) is 5.33. The van der Waals surface area contributed by atoms with Gasteiger partial charge >= 0.3 is 0 Å². The predicted molar refractivity (Wildman–Crippen MR) is 87.8 cm³/mol. The van der Waals surface area contributed by atoms with Crippen LogP contribution in [0.2, 0.25) is 0 Å². The van der Waals surface area contributed by atoms with Crippen molar-refractivity contribution in [2.45, 2.75) is 18.1 Å². The largest absolute Gasteiger partial charge is 0.366 e. The fourth-order valence-corrected chi connectivity index (χ4v) is 2.85. The Morgan fingerprint density at radius 1 is 1.36 bits per heavy atom. The van der Waals surface area contributed by atoms with Gasteiger partial charge in [0, 0.05) is 38.0 Å². The summed E-state index contributed by atoms with van der Waals surface area (Å²) in [5.74, 6) is 0.936. The molecule has 3 heterocycles. The predicted octanol–water partition coefficient (Wildman–Crippen LogP) is 0.915. The summed E-state index contributed by atoms with van der Waals surface area (Å²) in [5, 5.41) is 7.01. The number of aromatic amines is 1. The van der Waals surface area contributed by atoms with Crippen molar-refractivity contribution in [3.63, 3.8) is 0 Å². The summed E-state index contributed by atoms with van der Waals surface area (Å²) in [6.07, 6.45) is 3.65. The van der Waals surface area contributed by atoms with Crippen molar-refractivity contribution < 1.29 is 0 Å². The number of rotatable bonds is 4. The van der Waals surface area contributed by atoms with Gasteiger partial charge in [0.05, 0.1) is 17.9 Å². The van der Waals surface area contributed by atoms with Crippen LogP contribution in [0.25, 0.3) is 0 Å². The fourth-order valence-electron chi connectivity index (χ4n) is 2.43. The summed E-state index contributed by atoms with van der Waals surface area (Å²) in [5.41, 5.74) is 1.65. The quantitative estimate of drug-likeness (QED) is 0.663. The molecule has 116 valence electrons. The molecule has 7 nitrogen and oxygen atoms in total. The van der Waals surface area contributed by atoms with Crippen LogP contribution in [0.1, 0.15) is 5.69 Å². The molecular weight excluding hydrogens is 300 g/mol. The highest BCUT2D eigenvalue weighted by Gasteiger charge is 2.31. The molecule has 1 fully saturated rings. The van der Waals surface area contributed by atoms with Gasteiger partial charge in [-0.15, -0.1) is 0 Å². The van der Waals surface area contributed by atoms with Gasteiger partial charge < -0.3 is 9.80 Å². The highest BCUT2D eigenvalue weighted by atomic mass is 32.2. The van der Waals surface area contributed by atoms with Crippen molar-refractivity contribution in [1.82, 2.24) is 20.2 Å². The highest BCUT2D eigenvalue weighted by Crippen LogP contribution is 2.25. The third kappa shape index (κ3) is 2.92. The number of nitrogens with zero attached hydrogens (tertiary/aromatic N) is 5. The maximum Gasteiger partial charge on any atom is 0.266 e. The maximum absolute atomic E-state index is 11.3. The van der Waals surface area contributed by atoms with E-state index in [0.29, 0.717) is 6.04 Å². The van der Waals surface area contributed by atoms with E-state index in [-0.39, 0.29) is 5.56 Å². The van der Waals surface area contributed by atoms with E-state index in [1.807, 2.05) is 26.3 Å². The van der Waals surface area contributed by atoms with Crippen LogP contribution in [0.3, 0.4) is 0 Å². The lowest BCUT2D eigenvalue weighted by molar-refractivity contribution is 0.491. The number of aryl methyl sites for hydroxylation is 1. The molecule has 0 amide bonds. The van der Waals surface area contributed by atoms with E-state index in [1.165, 1.54) is 0 Å². The zero-order valence-electron chi connectivity index (χ0n) is 12.8. The standard InChI is InChI=1S/C14H18N6OS/c1-9-4-12(17-14(16-9)22-3)19(2)11-7-20(8-11)10-5-13(21)18-15-6-10/h4-6,11H,7-8H2,1-3H3,(H,18,21). The molecule has 2 aromatic rings. The number of nitrogens with one attached hydrogen (secondary N) is 1. The number of H-pyrrole nitrogens is 1. The third-order valence-electron chi connectivity index (χ3n) is 3.79. The molecule has 3 rings (SSSR count). The molecule has 0 atom stereocenters. The van der Waals surface area contributed by atoms with Crippen molar-refractivity contribution in [2.24, 2.45) is 0 Å². The minimum absolute atomic E-state index is 0.176. The Kier molecular flexibility index (Phi) is 4.02. The topological polar surface area (TPSA) is 78.0 Å². The molecule has 0 aliphatic carbocycles. The number of likely N-dealkylation sites (N-methyl/N-ethyl adjacent to an activating group) is 1. The SMILES string of the molecule is CSc1nc(C)cc(N(C)C2CN(c3cn[nH]c(=O)c3)C2)n1. The van der Waals surface area contributed by atoms with Gasteiger partial charge in [0.15, 0.2) is 5.16 Å². The lowest BCUT2D eigenvalue weighted by Crippen LogP contribution is -2.59. The molecule has 1 aliphatic rings. The van der Waals surface area contributed by atoms with Crippen molar-refractivity contribution in [1.29, 1.82) is 0 Å². The Morgan fingerprint density at radius 2 is 2.14 bits per heavy atom. The van der Waals surface area contributed by atoms with Crippen molar-refractivity contribution >= 4 is 23.3 Å². The normalized spacial score (nSPS) is 14.8. The minimum atomic E-state index is -0.176. The molecule has 1 N–H and O–H groups in total. The number of aromatic nitrogens is 4. The van der Waals surface area contributed by atoms with E-state index in [2.05, 4.69) is 30.0 Å². The van der Waals surface area contributed by atoms with E-state index < -0.39 is 0 Å². The summed E-state index contributed by atoms with van der Waals surface area (Å²) < 4.78 is 0. The van der Waals surface area contributed by atoms with Crippen LogP contribution in [0, 0.1) is 6.92 Å². The molecule has 8 heteroatoms. The zero-order chi connectivity index (χ0) is 15.7. The van der Waals surface area contributed by atoms with E-state index in [1.54, 1.807) is 24.0 Å². The first-order valence-electron chi connectivity index (χ1n) is 6.99. The van der Waals surface area contributed by atoms with E-state index in [9.17, 15) is 4.79 Å². The van der Waals surface area contributed by atoms with Crippen LogP contribution in [-0.2, 0) is 0 Å². The summed E-state index contributed by atoms with van der Waals surface area (Å²) in [7, 11) is 2.05. The first-order valence-corrected chi connectivity index (χ1v) is 8.21. The number of hydrogen-bond donors (Lipinski definition) is 1. The van der Waals surface area contributed by atoms with Gasteiger partial charge in [0.1, 0.15) is 5.82 Å². The molecule has 0 spiro atoms. The van der Waals surface area contributed by atoms with Crippen LogP contribution in [0.4, 0.5) is 11.5 Å². The Labute approximate surface area is 132 Å². The zero-order valence-corrected chi connectivity index (χ0v) is 13.6. The Balaban J connectivity index is 1.70. The van der Waals surface area contributed by atoms with Crippen LogP contribution >= 0.6 is 11.8 Å². The smallest absolute Gasteiger partial charge is 0.266 e. The Bertz CT molecular complexity index is 727. The second-order valence-corrected chi connectivity index (χ2v) is 6.10. The van der Waals surface area contributed by atoms with Crippen molar-refractivity contribution in [2.75, 3.05) is 36.2 Å². The van der Waals surface area contributed by atoms with Crippen LogP contribution in [-0.4, -0.2) is 52.6 Å². The van der Waals surface area contributed by atoms with Gasteiger partial charge in [-0.3, -0.25) is 4.79 Å². The summed E-state index contributed by atoms with van der Waals surface area (Å²) in [6, 6.07) is 3.93. The average molecular weight is 318 g/mol. The molecule has 22 heavy (non-hydrogen) atoms. The lowest BCUT2D eigenvalue weighted by Gasteiger charge is -2.45. The van der Waals surface area contributed by atoms with Crippen LogP contribution in [0.5, 0.6) is 0 Å². The molecule has 2 aromatic heterocycles. The monoisotopic (exact) mass is 318 g/mol. The average Bonchev–Trinajstić information content (AvgIpc) is 2.45. The maximum atomic E-state index is 11.3. The van der Waals surface area contributed by atoms with Gasteiger partial charge in [-0.25, -0.2) is 15.1 Å². The van der Waals surface area contributed by atoms with Gasteiger partial charge in [-0.1, -0.05) is 11.8 Å². The molecular formula is C14H18N6OS. The van der Waals surface area contributed by atoms with Crippen LogP contribution in [0.15, 0.2) is 28.3 Å². The van der Waals surface area contributed by atoms with Gasteiger partial charge in [0.2, 0.25) is 0 Å². The molecule has 0 bridgehead atoms. The molecule has 0 radical (unpaired) electrons. The highest BCUT2D eigenvalue weighted by molar-refractivity contribution is 7.98. The van der Waals surface area contributed by atoms with E-state index >= 15 is 0 Å². The number of thioether (sulfide) groups is 1. The molecule has 1 saturated heterocycles. The third-order valence-corrected chi connectivity index (χ3v) is 4.34. The molecule has 1 aliphatic heterocycles. The number of anilines is 2. The second kappa shape index (κ2) is 5.96. The summed E-state index contributed by atoms with van der Waals surface area (Å²) in [4.78, 5) is 24.5. The van der Waals surface area contributed by atoms with Crippen molar-refractivity contribution in [3.05, 3.63) is 34.4 Å². The first-order chi connectivity index (χ1) is 10.6. The lowest BCUT2D eigenvalue weighted by atomic mass is 10.1. The van der Waals surface area contributed by atoms with Crippen molar-refractivity contribution in [3.8, 4) is 0 Å². The fraction of sp³-hybridized carbons (Fsp3) is 0.429. The van der Waals surface area contributed by atoms with Gasteiger partial charge in [-0.05, 0) is 13.2 Å². The first kappa shape index (κ1) is 14.8. The summed E-state index contributed by atoms with van der Waals surface area (Å²) in [6.45, 7) is 3.67. The Morgan fingerprint density at radius 3 is 2.82 bits per heavy atom. The van der Waals surface area contributed by atoms with Crippen LogP contribution < -0.4 is 15.4 Å². The summed E-state index contributed by atoms with van der Waals surface area (Å²) >= 11 is 1.55. The molecule has 0 aromatic carbocycles. The molecule has 0 saturated carbocycles. The molecule has 0 unspecified atom stereocenters.